The molecule has 1 atom stereocenters. The second-order valence-electron chi connectivity index (χ2n) is 5.37. The van der Waals surface area contributed by atoms with Crippen LogP contribution in [0.1, 0.15) is 23.1 Å². The molecule has 110 valence electrons. The normalized spacial score (nSPS) is 14.8. The highest BCUT2D eigenvalue weighted by Crippen LogP contribution is 2.38. The van der Waals surface area contributed by atoms with Crippen molar-refractivity contribution in [2.45, 2.75) is 26.0 Å². The molecular formula is C14H20ClN3OS. The minimum absolute atomic E-state index is 0.501. The van der Waals surface area contributed by atoms with Crippen LogP contribution in [0.3, 0.4) is 0 Å². The summed E-state index contributed by atoms with van der Waals surface area (Å²) in [5, 5.41) is 17.8. The van der Waals surface area contributed by atoms with Gasteiger partial charge >= 0.3 is 0 Å². The number of nitrogens with zero attached hydrogens (tertiary/aromatic N) is 3. The second-order valence-corrected chi connectivity index (χ2v) is 6.70. The van der Waals surface area contributed by atoms with Crippen molar-refractivity contribution in [3.05, 3.63) is 38.8 Å². The molecule has 4 nitrogen and oxygen atoms in total. The van der Waals surface area contributed by atoms with Crippen LogP contribution in [-0.4, -0.2) is 40.4 Å². The number of hydrogen-bond acceptors (Lipinski definition) is 4. The summed E-state index contributed by atoms with van der Waals surface area (Å²) < 4.78 is 1.79. The van der Waals surface area contributed by atoms with Gasteiger partial charge in [-0.05, 0) is 45.0 Å². The number of hydrogen-bond donors (Lipinski definition) is 1. The van der Waals surface area contributed by atoms with Gasteiger partial charge in [-0.15, -0.1) is 11.3 Å². The van der Waals surface area contributed by atoms with E-state index in [0.717, 1.165) is 17.0 Å². The number of likely N-dealkylation sites (N-methyl/N-ethyl adjacent to an activating group) is 1. The third-order valence-corrected chi connectivity index (χ3v) is 4.82. The highest BCUT2D eigenvalue weighted by molar-refractivity contribution is 7.10. The fourth-order valence-electron chi connectivity index (χ4n) is 2.29. The molecule has 0 saturated heterocycles. The third kappa shape index (κ3) is 2.91. The van der Waals surface area contributed by atoms with Crippen LogP contribution < -0.4 is 0 Å². The molecule has 0 radical (unpaired) electrons. The zero-order valence-electron chi connectivity index (χ0n) is 12.2. The number of aliphatic hydroxyl groups is 1. The highest BCUT2D eigenvalue weighted by Gasteiger charge is 2.34. The Morgan fingerprint density at radius 1 is 1.50 bits per heavy atom. The Morgan fingerprint density at radius 2 is 2.20 bits per heavy atom. The van der Waals surface area contributed by atoms with Gasteiger partial charge in [0.2, 0.25) is 0 Å². The van der Waals surface area contributed by atoms with E-state index in [2.05, 4.69) is 10.00 Å². The summed E-state index contributed by atoms with van der Waals surface area (Å²) in [4.78, 5) is 2.98. The van der Waals surface area contributed by atoms with Gasteiger partial charge in [0.15, 0.2) is 0 Å². The summed E-state index contributed by atoms with van der Waals surface area (Å²) in [6, 6.07) is 2.00. The van der Waals surface area contributed by atoms with Gasteiger partial charge < -0.3 is 10.0 Å². The summed E-state index contributed by atoms with van der Waals surface area (Å²) in [6.07, 6.45) is 1.60. The first-order valence-corrected chi connectivity index (χ1v) is 7.73. The Hall–Kier alpha value is -0.880. The van der Waals surface area contributed by atoms with E-state index in [1.165, 1.54) is 11.3 Å². The van der Waals surface area contributed by atoms with E-state index in [1.807, 2.05) is 32.5 Å². The monoisotopic (exact) mass is 313 g/mol. The molecule has 0 aliphatic carbocycles. The quantitative estimate of drug-likeness (QED) is 0.923. The van der Waals surface area contributed by atoms with Gasteiger partial charge in [-0.1, -0.05) is 11.6 Å². The molecule has 0 aliphatic heterocycles. The van der Waals surface area contributed by atoms with Gasteiger partial charge in [-0.3, -0.25) is 4.68 Å². The lowest BCUT2D eigenvalue weighted by Crippen LogP contribution is -2.29. The van der Waals surface area contributed by atoms with Crippen LogP contribution in [0.15, 0.2) is 17.6 Å². The van der Waals surface area contributed by atoms with E-state index in [9.17, 15) is 5.11 Å². The summed E-state index contributed by atoms with van der Waals surface area (Å²) in [5.41, 5.74) is 0.598. The molecule has 0 aliphatic rings. The van der Waals surface area contributed by atoms with E-state index in [4.69, 9.17) is 11.6 Å². The number of aryl methyl sites for hydroxylation is 1. The number of aromatic nitrogens is 2. The predicted octanol–water partition coefficient (Wildman–Crippen LogP) is 2.72. The second kappa shape index (κ2) is 5.85. The van der Waals surface area contributed by atoms with Crippen molar-refractivity contribution in [2.24, 2.45) is 0 Å². The molecule has 2 aromatic heterocycles. The molecular weight excluding hydrogens is 294 g/mol. The molecule has 2 rings (SSSR count). The van der Waals surface area contributed by atoms with Crippen molar-refractivity contribution in [1.82, 2.24) is 14.7 Å². The average Bonchev–Trinajstić information content (AvgIpc) is 2.93. The Kier molecular flexibility index (Phi) is 4.54. The SMILES string of the molecule is Cc1ccsc1C(C)(O)c1c(Cl)cnn1CCN(C)C. The van der Waals surface area contributed by atoms with Crippen LogP contribution >= 0.6 is 22.9 Å². The van der Waals surface area contributed by atoms with Gasteiger partial charge in [0.25, 0.3) is 0 Å². The molecule has 2 heterocycles. The van der Waals surface area contributed by atoms with Crippen LogP contribution in [0, 0.1) is 6.92 Å². The minimum Gasteiger partial charge on any atom is -0.378 e. The average molecular weight is 314 g/mol. The van der Waals surface area contributed by atoms with Crippen molar-refractivity contribution in [3.8, 4) is 0 Å². The number of thiophene rings is 1. The lowest BCUT2D eigenvalue weighted by Gasteiger charge is -2.25. The first-order valence-electron chi connectivity index (χ1n) is 6.47. The lowest BCUT2D eigenvalue weighted by atomic mass is 9.97. The maximum absolute atomic E-state index is 11.0. The third-order valence-electron chi connectivity index (χ3n) is 3.32. The van der Waals surface area contributed by atoms with Gasteiger partial charge in [0.1, 0.15) is 5.60 Å². The van der Waals surface area contributed by atoms with Crippen molar-refractivity contribution in [1.29, 1.82) is 0 Å². The summed E-state index contributed by atoms with van der Waals surface area (Å²) in [5.74, 6) is 0. The van der Waals surface area contributed by atoms with Gasteiger partial charge in [0, 0.05) is 11.4 Å². The smallest absolute Gasteiger partial charge is 0.139 e. The zero-order valence-corrected chi connectivity index (χ0v) is 13.8. The summed E-state index contributed by atoms with van der Waals surface area (Å²) >= 11 is 7.80. The molecule has 0 aromatic carbocycles. The largest absolute Gasteiger partial charge is 0.378 e. The Balaban J connectivity index is 2.41. The topological polar surface area (TPSA) is 41.3 Å². The van der Waals surface area contributed by atoms with Gasteiger partial charge in [-0.2, -0.15) is 5.10 Å². The van der Waals surface area contributed by atoms with Crippen molar-refractivity contribution in [3.63, 3.8) is 0 Å². The lowest BCUT2D eigenvalue weighted by molar-refractivity contribution is 0.0942. The van der Waals surface area contributed by atoms with Crippen molar-refractivity contribution >= 4 is 22.9 Å². The zero-order chi connectivity index (χ0) is 14.9. The van der Waals surface area contributed by atoms with E-state index in [0.29, 0.717) is 17.3 Å². The molecule has 0 fully saturated rings. The van der Waals surface area contributed by atoms with E-state index in [1.54, 1.807) is 17.8 Å². The van der Waals surface area contributed by atoms with Crippen LogP contribution in [0.5, 0.6) is 0 Å². The molecule has 1 N–H and O–H groups in total. The van der Waals surface area contributed by atoms with E-state index in [-0.39, 0.29) is 0 Å². The predicted molar refractivity (Wildman–Crippen MR) is 83.5 cm³/mol. The standard InChI is InChI=1S/C14H20ClN3OS/c1-10-5-8-20-13(10)14(2,19)12-11(15)9-16-18(12)7-6-17(3)4/h5,8-9,19H,6-7H2,1-4H3. The molecule has 2 aromatic rings. The highest BCUT2D eigenvalue weighted by atomic mass is 35.5. The van der Waals surface area contributed by atoms with Crippen molar-refractivity contribution < 1.29 is 5.11 Å². The first kappa shape index (κ1) is 15.5. The van der Waals surface area contributed by atoms with Crippen LogP contribution in [0.25, 0.3) is 0 Å². The molecule has 0 bridgehead atoms. The molecule has 0 amide bonds. The van der Waals surface area contributed by atoms with Crippen LogP contribution in [0.4, 0.5) is 0 Å². The van der Waals surface area contributed by atoms with Crippen LogP contribution in [-0.2, 0) is 12.1 Å². The van der Waals surface area contributed by atoms with Crippen molar-refractivity contribution in [2.75, 3.05) is 20.6 Å². The van der Waals surface area contributed by atoms with Crippen LogP contribution in [0.2, 0.25) is 5.02 Å². The van der Waals surface area contributed by atoms with E-state index >= 15 is 0 Å². The Morgan fingerprint density at radius 3 is 2.75 bits per heavy atom. The maximum Gasteiger partial charge on any atom is 0.139 e. The minimum atomic E-state index is -1.13. The molecule has 0 saturated carbocycles. The maximum atomic E-state index is 11.0. The Labute approximate surface area is 128 Å². The number of halogens is 1. The van der Waals surface area contributed by atoms with Gasteiger partial charge in [-0.25, -0.2) is 0 Å². The molecule has 20 heavy (non-hydrogen) atoms. The fourth-order valence-corrected chi connectivity index (χ4v) is 3.60. The van der Waals surface area contributed by atoms with E-state index < -0.39 is 5.60 Å². The molecule has 6 heteroatoms. The Bertz CT molecular complexity index is 589. The molecule has 0 spiro atoms. The molecule has 1 unspecified atom stereocenters. The summed E-state index contributed by atoms with van der Waals surface area (Å²) in [6.45, 7) is 5.30. The summed E-state index contributed by atoms with van der Waals surface area (Å²) in [7, 11) is 4.01. The van der Waals surface area contributed by atoms with Gasteiger partial charge in [0.05, 0.1) is 23.5 Å². The first-order chi connectivity index (χ1) is 9.34. The number of rotatable bonds is 5. The fraction of sp³-hybridized carbons (Fsp3) is 0.500.